The molecule has 2 aliphatic rings. The van der Waals surface area contributed by atoms with Gasteiger partial charge in [0.2, 0.25) is 0 Å². The van der Waals surface area contributed by atoms with Crippen molar-refractivity contribution in [1.29, 1.82) is 0 Å². The van der Waals surface area contributed by atoms with Crippen molar-refractivity contribution in [2.45, 2.75) is 55.2 Å². The van der Waals surface area contributed by atoms with Crippen LogP contribution in [0.5, 0.6) is 0 Å². The molecule has 0 amide bonds. The molecular weight excluding hydrogens is 311 g/mol. The Morgan fingerprint density at radius 2 is 1.78 bits per heavy atom. The lowest BCUT2D eigenvalue weighted by Gasteiger charge is -2.37. The van der Waals surface area contributed by atoms with Gasteiger partial charge in [0.15, 0.2) is 0 Å². The summed E-state index contributed by atoms with van der Waals surface area (Å²) in [6.07, 6.45) is 1.29. The van der Waals surface area contributed by atoms with Gasteiger partial charge < -0.3 is 4.74 Å². The maximum atomic E-state index is 11.9. The number of halogens is 4. The molecule has 6 heteroatoms. The number of fused-ring (bicyclic) bond motifs is 2. The summed E-state index contributed by atoms with van der Waals surface area (Å²) in [5.74, 6) is 0. The summed E-state index contributed by atoms with van der Waals surface area (Å²) in [5, 5.41) is 0. The van der Waals surface area contributed by atoms with E-state index in [2.05, 4.69) is 25.6 Å². The van der Waals surface area contributed by atoms with Gasteiger partial charge in [-0.25, -0.2) is 0 Å². The third-order valence-electron chi connectivity index (χ3n) is 3.80. The fraction of sp³-hybridized carbons (Fsp3) is 1.00. The molecule has 2 atom stereocenters. The molecule has 2 rings (SSSR count). The SMILES string of the molecule is FC(F)(F)COCCCN1C2CCC1CC(Br)C2. The highest BCUT2D eigenvalue weighted by Gasteiger charge is 2.39. The second kappa shape index (κ2) is 6.09. The lowest BCUT2D eigenvalue weighted by Crippen LogP contribution is -2.43. The molecule has 2 saturated heterocycles. The zero-order valence-electron chi connectivity index (χ0n) is 10.3. The van der Waals surface area contributed by atoms with Crippen LogP contribution in [-0.4, -0.2) is 47.7 Å². The molecule has 2 nitrogen and oxygen atoms in total. The molecule has 0 N–H and O–H groups in total. The van der Waals surface area contributed by atoms with Crippen molar-refractivity contribution >= 4 is 15.9 Å². The fourth-order valence-electron chi connectivity index (χ4n) is 3.11. The minimum Gasteiger partial charge on any atom is -0.372 e. The summed E-state index contributed by atoms with van der Waals surface area (Å²) in [7, 11) is 0. The Morgan fingerprint density at radius 3 is 2.33 bits per heavy atom. The van der Waals surface area contributed by atoms with Gasteiger partial charge in [-0.05, 0) is 32.1 Å². The summed E-state index contributed by atoms with van der Waals surface area (Å²) in [6.45, 7) is -0.0522. The quantitative estimate of drug-likeness (QED) is 0.566. The number of hydrogen-bond donors (Lipinski definition) is 0. The van der Waals surface area contributed by atoms with Gasteiger partial charge in [-0.15, -0.1) is 0 Å². The van der Waals surface area contributed by atoms with Gasteiger partial charge >= 0.3 is 6.18 Å². The third kappa shape index (κ3) is 4.10. The van der Waals surface area contributed by atoms with Crippen LogP contribution in [-0.2, 0) is 4.74 Å². The molecule has 0 aromatic carbocycles. The van der Waals surface area contributed by atoms with Crippen LogP contribution in [0.1, 0.15) is 32.1 Å². The van der Waals surface area contributed by atoms with Gasteiger partial charge in [-0.1, -0.05) is 15.9 Å². The maximum Gasteiger partial charge on any atom is 0.411 e. The normalized spacial score (nSPS) is 33.0. The second-order valence-electron chi connectivity index (χ2n) is 5.21. The molecule has 106 valence electrons. The highest BCUT2D eigenvalue weighted by atomic mass is 79.9. The van der Waals surface area contributed by atoms with E-state index in [1.54, 1.807) is 0 Å². The third-order valence-corrected chi connectivity index (χ3v) is 4.55. The van der Waals surface area contributed by atoms with Gasteiger partial charge in [0, 0.05) is 30.1 Å². The molecule has 0 radical (unpaired) electrons. The number of ether oxygens (including phenoxy) is 1. The van der Waals surface area contributed by atoms with E-state index < -0.39 is 12.8 Å². The molecule has 18 heavy (non-hydrogen) atoms. The van der Waals surface area contributed by atoms with E-state index in [-0.39, 0.29) is 6.61 Å². The zero-order chi connectivity index (χ0) is 13.2. The average Bonchev–Trinajstić information content (AvgIpc) is 2.50. The van der Waals surface area contributed by atoms with Gasteiger partial charge in [0.1, 0.15) is 6.61 Å². The van der Waals surface area contributed by atoms with Crippen LogP contribution in [0.15, 0.2) is 0 Å². The first-order valence-corrected chi connectivity index (χ1v) is 7.41. The standard InChI is InChI=1S/C12H19BrF3NO/c13-9-6-10-2-3-11(7-9)17(10)4-1-5-18-8-12(14,15)16/h9-11H,1-8H2. The topological polar surface area (TPSA) is 12.5 Å². The summed E-state index contributed by atoms with van der Waals surface area (Å²) in [6, 6.07) is 1.24. The van der Waals surface area contributed by atoms with Gasteiger partial charge in [-0.3, -0.25) is 4.90 Å². The Bertz CT molecular complexity index is 261. The molecule has 2 aliphatic heterocycles. The van der Waals surface area contributed by atoms with E-state index in [4.69, 9.17) is 0 Å². The molecule has 2 fully saturated rings. The van der Waals surface area contributed by atoms with E-state index in [0.29, 0.717) is 23.3 Å². The first-order chi connectivity index (χ1) is 8.46. The number of nitrogens with zero attached hydrogens (tertiary/aromatic N) is 1. The molecule has 0 spiro atoms. The van der Waals surface area contributed by atoms with Crippen LogP contribution < -0.4 is 0 Å². The van der Waals surface area contributed by atoms with Crippen LogP contribution in [0.2, 0.25) is 0 Å². The van der Waals surface area contributed by atoms with Crippen LogP contribution in [0.3, 0.4) is 0 Å². The van der Waals surface area contributed by atoms with E-state index in [9.17, 15) is 13.2 Å². The lowest BCUT2D eigenvalue weighted by atomic mass is 10.0. The number of alkyl halides is 4. The van der Waals surface area contributed by atoms with Crippen molar-refractivity contribution < 1.29 is 17.9 Å². The van der Waals surface area contributed by atoms with Crippen LogP contribution >= 0.6 is 15.9 Å². The van der Waals surface area contributed by atoms with Crippen molar-refractivity contribution in [1.82, 2.24) is 4.90 Å². The maximum absolute atomic E-state index is 11.9. The zero-order valence-corrected chi connectivity index (χ0v) is 11.8. The van der Waals surface area contributed by atoms with Gasteiger partial charge in [-0.2, -0.15) is 13.2 Å². The molecule has 2 heterocycles. The predicted octanol–water partition coefficient (Wildman–Crippen LogP) is 3.35. The summed E-state index contributed by atoms with van der Waals surface area (Å²) in [4.78, 5) is 3.09. The van der Waals surface area contributed by atoms with E-state index in [0.717, 1.165) is 6.54 Å². The van der Waals surface area contributed by atoms with E-state index in [1.807, 2.05) is 0 Å². The van der Waals surface area contributed by atoms with E-state index in [1.165, 1.54) is 25.7 Å². The number of piperidine rings is 1. The largest absolute Gasteiger partial charge is 0.411 e. The second-order valence-corrected chi connectivity index (χ2v) is 6.51. The molecule has 0 aromatic heterocycles. The molecule has 0 aliphatic carbocycles. The van der Waals surface area contributed by atoms with Crippen molar-refractivity contribution in [2.24, 2.45) is 0 Å². The Kier molecular flexibility index (Phi) is 4.94. The van der Waals surface area contributed by atoms with Crippen molar-refractivity contribution in [3.63, 3.8) is 0 Å². The summed E-state index contributed by atoms with van der Waals surface area (Å²) >= 11 is 3.68. The van der Waals surface area contributed by atoms with Gasteiger partial charge in [0.25, 0.3) is 0 Å². The van der Waals surface area contributed by atoms with Crippen molar-refractivity contribution in [3.8, 4) is 0 Å². The fourth-order valence-corrected chi connectivity index (χ4v) is 3.97. The average molecular weight is 330 g/mol. The van der Waals surface area contributed by atoms with E-state index >= 15 is 0 Å². The number of rotatable bonds is 5. The summed E-state index contributed by atoms with van der Waals surface area (Å²) < 4.78 is 40.3. The van der Waals surface area contributed by atoms with Crippen LogP contribution in [0.25, 0.3) is 0 Å². The van der Waals surface area contributed by atoms with Crippen LogP contribution in [0, 0.1) is 0 Å². The van der Waals surface area contributed by atoms with Crippen molar-refractivity contribution in [2.75, 3.05) is 19.8 Å². The lowest BCUT2D eigenvalue weighted by molar-refractivity contribution is -0.174. The Labute approximate surface area is 114 Å². The van der Waals surface area contributed by atoms with Crippen LogP contribution in [0.4, 0.5) is 13.2 Å². The Hall–Kier alpha value is 0.190. The highest BCUT2D eigenvalue weighted by Crippen LogP contribution is 2.38. The highest BCUT2D eigenvalue weighted by molar-refractivity contribution is 9.09. The smallest absolute Gasteiger partial charge is 0.372 e. The molecular formula is C12H19BrF3NO. The Morgan fingerprint density at radius 1 is 1.17 bits per heavy atom. The molecule has 0 aromatic rings. The molecule has 2 unspecified atom stereocenters. The molecule has 0 saturated carbocycles. The minimum atomic E-state index is -4.20. The first-order valence-electron chi connectivity index (χ1n) is 6.50. The van der Waals surface area contributed by atoms with Crippen molar-refractivity contribution in [3.05, 3.63) is 0 Å². The minimum absolute atomic E-state index is 0.202. The Balaban J connectivity index is 1.63. The summed E-state index contributed by atoms with van der Waals surface area (Å²) in [5.41, 5.74) is 0. The first kappa shape index (κ1) is 14.6. The van der Waals surface area contributed by atoms with Gasteiger partial charge in [0.05, 0.1) is 0 Å². The molecule has 2 bridgehead atoms. The predicted molar refractivity (Wildman–Crippen MR) is 67.0 cm³/mol. The number of hydrogen-bond acceptors (Lipinski definition) is 2. The monoisotopic (exact) mass is 329 g/mol.